The van der Waals surface area contributed by atoms with Gasteiger partial charge in [-0.05, 0) is 18.6 Å². The van der Waals surface area contributed by atoms with Crippen LogP contribution in [0.1, 0.15) is 14.5 Å². The van der Waals surface area contributed by atoms with E-state index in [4.69, 9.17) is 27.8 Å². The smallest absolute Gasteiger partial charge is 0.261 e. The first-order valence-corrected chi connectivity index (χ1v) is 7.78. The quantitative estimate of drug-likeness (QED) is 0.759. The number of nitrogen functional groups attached to an aromatic ring is 1. The van der Waals surface area contributed by atoms with E-state index in [0.29, 0.717) is 22.2 Å². The first kappa shape index (κ1) is 15.0. The van der Waals surface area contributed by atoms with Crippen molar-refractivity contribution in [2.75, 3.05) is 24.7 Å². The van der Waals surface area contributed by atoms with E-state index >= 15 is 0 Å². The highest BCUT2D eigenvalue weighted by Crippen LogP contribution is 2.42. The molecule has 0 aliphatic carbocycles. The number of carbonyl (C=O) groups excluding carboxylic acids is 1. The molecule has 2 rings (SSSR count). The first-order valence-electron chi connectivity index (χ1n) is 5.77. The van der Waals surface area contributed by atoms with Crippen LogP contribution in [0.5, 0.6) is 5.75 Å². The van der Waals surface area contributed by atoms with Crippen LogP contribution in [0.15, 0.2) is 12.1 Å². The number of amides is 1. The Bertz CT molecular complexity index is 624. The van der Waals surface area contributed by atoms with Crippen molar-refractivity contribution in [1.82, 2.24) is 0 Å². The van der Waals surface area contributed by atoms with E-state index in [1.165, 1.54) is 23.3 Å². The number of ether oxygens (including phenoxy) is 1. The number of anilines is 2. The minimum atomic E-state index is -0.552. The molecule has 0 bridgehead atoms. The molecule has 0 saturated carbocycles. The Balaban J connectivity index is 2.05. The molecule has 1 amide bonds. The number of hydrogen-bond donors (Lipinski definition) is 3. The second-order valence-electron chi connectivity index (χ2n) is 3.95. The second-order valence-corrected chi connectivity index (χ2v) is 6.77. The molecule has 20 heavy (non-hydrogen) atoms. The van der Waals surface area contributed by atoms with Crippen molar-refractivity contribution in [2.24, 2.45) is 5.73 Å². The lowest BCUT2D eigenvalue weighted by Crippen LogP contribution is -2.10. The lowest BCUT2D eigenvalue weighted by Gasteiger charge is -2.06. The number of thiophene rings is 2. The van der Waals surface area contributed by atoms with Crippen molar-refractivity contribution in [1.29, 1.82) is 0 Å². The summed E-state index contributed by atoms with van der Waals surface area (Å²) in [6.07, 6.45) is 0.824. The van der Waals surface area contributed by atoms with Gasteiger partial charge in [-0.15, -0.1) is 22.7 Å². The van der Waals surface area contributed by atoms with Crippen LogP contribution in [-0.4, -0.2) is 19.6 Å². The third-order valence-electron chi connectivity index (χ3n) is 2.61. The lowest BCUT2D eigenvalue weighted by molar-refractivity contribution is 0.100. The minimum absolute atomic E-state index is 0.284. The van der Waals surface area contributed by atoms with Crippen LogP contribution >= 0.6 is 34.3 Å². The SMILES string of the molecule is COc1c(NCCc2ccc(Cl)s2)sc(C(N)=O)c1N. The van der Waals surface area contributed by atoms with E-state index in [-0.39, 0.29) is 5.69 Å². The van der Waals surface area contributed by atoms with Gasteiger partial charge in [0.25, 0.3) is 5.91 Å². The van der Waals surface area contributed by atoms with Gasteiger partial charge >= 0.3 is 0 Å². The summed E-state index contributed by atoms with van der Waals surface area (Å²) in [5.74, 6) is -0.0862. The predicted octanol–water partition coefficient (Wildman–Crippen LogP) is 2.81. The molecule has 2 heterocycles. The summed E-state index contributed by atoms with van der Waals surface area (Å²) in [5, 5.41) is 3.92. The van der Waals surface area contributed by atoms with Gasteiger partial charge in [-0.3, -0.25) is 4.79 Å². The third-order valence-corrected chi connectivity index (χ3v) is 5.06. The molecule has 2 aromatic heterocycles. The molecule has 0 aromatic carbocycles. The summed E-state index contributed by atoms with van der Waals surface area (Å²) >= 11 is 8.62. The molecule has 0 aliphatic rings. The van der Waals surface area contributed by atoms with Crippen molar-refractivity contribution in [2.45, 2.75) is 6.42 Å². The molecule has 2 aromatic rings. The first-order chi connectivity index (χ1) is 9.52. The molecule has 0 spiro atoms. The molecular weight excluding hydrogens is 318 g/mol. The van der Waals surface area contributed by atoms with Gasteiger partial charge in [0.2, 0.25) is 0 Å². The van der Waals surface area contributed by atoms with Gasteiger partial charge in [0.1, 0.15) is 15.6 Å². The monoisotopic (exact) mass is 331 g/mol. The van der Waals surface area contributed by atoms with E-state index in [1.807, 2.05) is 12.1 Å². The Morgan fingerprint density at radius 2 is 2.20 bits per heavy atom. The number of methoxy groups -OCH3 is 1. The van der Waals surface area contributed by atoms with Gasteiger partial charge in [-0.2, -0.15) is 0 Å². The summed E-state index contributed by atoms with van der Waals surface area (Å²) < 4.78 is 5.98. The van der Waals surface area contributed by atoms with Gasteiger partial charge in [0.05, 0.1) is 11.4 Å². The number of nitrogens with one attached hydrogen (secondary N) is 1. The molecular formula is C12H14ClN3O2S2. The topological polar surface area (TPSA) is 90.4 Å². The Morgan fingerprint density at radius 1 is 1.45 bits per heavy atom. The number of halogens is 1. The number of nitrogens with two attached hydrogens (primary N) is 2. The van der Waals surface area contributed by atoms with Crippen LogP contribution in [0.25, 0.3) is 0 Å². The van der Waals surface area contributed by atoms with Crippen LogP contribution in [0.2, 0.25) is 4.34 Å². The number of rotatable bonds is 6. The van der Waals surface area contributed by atoms with Gasteiger partial charge < -0.3 is 21.5 Å². The highest BCUT2D eigenvalue weighted by molar-refractivity contribution is 7.19. The van der Waals surface area contributed by atoms with Crippen LogP contribution in [-0.2, 0) is 6.42 Å². The van der Waals surface area contributed by atoms with Crippen molar-refractivity contribution >= 4 is 50.9 Å². The number of hydrogen-bond acceptors (Lipinski definition) is 6. The number of carbonyl (C=O) groups is 1. The molecule has 108 valence electrons. The molecule has 0 radical (unpaired) electrons. The fourth-order valence-corrected chi connectivity index (χ4v) is 3.77. The molecule has 0 atom stereocenters. The summed E-state index contributed by atoms with van der Waals surface area (Å²) in [6.45, 7) is 0.686. The van der Waals surface area contributed by atoms with Crippen molar-refractivity contribution in [3.63, 3.8) is 0 Å². The highest BCUT2D eigenvalue weighted by atomic mass is 35.5. The van der Waals surface area contributed by atoms with Crippen LogP contribution in [0.4, 0.5) is 10.7 Å². The van der Waals surface area contributed by atoms with Crippen LogP contribution < -0.4 is 21.5 Å². The zero-order valence-electron chi connectivity index (χ0n) is 10.7. The standard InChI is InChI=1S/C12H14ClN3O2S2/c1-18-9-8(14)10(11(15)17)20-12(9)16-5-4-6-2-3-7(13)19-6/h2-3,16H,4-5,14H2,1H3,(H2,15,17). The summed E-state index contributed by atoms with van der Waals surface area (Å²) in [7, 11) is 1.51. The van der Waals surface area contributed by atoms with Crippen LogP contribution in [0.3, 0.4) is 0 Å². The summed E-state index contributed by atoms with van der Waals surface area (Å²) in [5.41, 5.74) is 11.4. The maximum atomic E-state index is 11.3. The minimum Gasteiger partial charge on any atom is -0.492 e. The Labute approximate surface area is 129 Å². The zero-order valence-corrected chi connectivity index (χ0v) is 13.1. The predicted molar refractivity (Wildman–Crippen MR) is 85.3 cm³/mol. The van der Waals surface area contributed by atoms with Crippen molar-refractivity contribution < 1.29 is 9.53 Å². The van der Waals surface area contributed by atoms with E-state index in [2.05, 4.69) is 5.32 Å². The molecule has 0 aliphatic heterocycles. The largest absolute Gasteiger partial charge is 0.492 e. The molecule has 0 unspecified atom stereocenters. The van der Waals surface area contributed by atoms with Crippen molar-refractivity contribution in [3.05, 3.63) is 26.2 Å². The van der Waals surface area contributed by atoms with E-state index < -0.39 is 5.91 Å². The Hall–Kier alpha value is -1.44. The Morgan fingerprint density at radius 3 is 2.75 bits per heavy atom. The lowest BCUT2D eigenvalue weighted by atomic mass is 10.3. The van der Waals surface area contributed by atoms with Crippen molar-refractivity contribution in [3.8, 4) is 5.75 Å². The van der Waals surface area contributed by atoms with E-state index in [9.17, 15) is 4.79 Å². The van der Waals surface area contributed by atoms with E-state index in [0.717, 1.165) is 10.8 Å². The van der Waals surface area contributed by atoms with Gasteiger partial charge in [-0.25, -0.2) is 0 Å². The Kier molecular flexibility index (Phi) is 4.74. The van der Waals surface area contributed by atoms with Crippen LogP contribution in [0, 0.1) is 0 Å². The summed E-state index contributed by atoms with van der Waals surface area (Å²) in [4.78, 5) is 12.7. The molecule has 5 nitrogen and oxygen atoms in total. The van der Waals surface area contributed by atoms with E-state index in [1.54, 1.807) is 11.3 Å². The normalized spacial score (nSPS) is 10.5. The fraction of sp³-hybridized carbons (Fsp3) is 0.250. The third kappa shape index (κ3) is 3.17. The fourth-order valence-electron chi connectivity index (χ4n) is 1.72. The average molecular weight is 332 g/mol. The zero-order chi connectivity index (χ0) is 14.7. The second kappa shape index (κ2) is 6.34. The maximum absolute atomic E-state index is 11.3. The van der Waals surface area contributed by atoms with Gasteiger partial charge in [0, 0.05) is 11.4 Å². The number of primary amides is 1. The average Bonchev–Trinajstić information content (AvgIpc) is 2.94. The van der Waals surface area contributed by atoms with Gasteiger partial charge in [-0.1, -0.05) is 11.6 Å². The summed E-state index contributed by atoms with van der Waals surface area (Å²) in [6, 6.07) is 3.86. The maximum Gasteiger partial charge on any atom is 0.261 e. The molecule has 8 heteroatoms. The highest BCUT2D eigenvalue weighted by Gasteiger charge is 2.19. The molecule has 5 N–H and O–H groups in total. The van der Waals surface area contributed by atoms with Gasteiger partial charge in [0.15, 0.2) is 5.75 Å². The molecule has 0 saturated heterocycles. The molecule has 0 fully saturated rings.